The molecule has 0 spiro atoms. The van der Waals surface area contributed by atoms with E-state index in [1.807, 2.05) is 0 Å². The lowest BCUT2D eigenvalue weighted by Gasteiger charge is -2.27. The Morgan fingerprint density at radius 3 is 2.17 bits per heavy atom. The van der Waals surface area contributed by atoms with Crippen LogP contribution < -0.4 is 0 Å². The van der Waals surface area contributed by atoms with Crippen LogP contribution in [-0.2, 0) is 10.2 Å². The van der Waals surface area contributed by atoms with Crippen LogP contribution in [0.15, 0.2) is 0 Å². The standard InChI is InChI=1S/C9H18ClF3N2O2S/c1-3-6-15(8-9(11,12)13)18(16,17)14(2)7-4-5-10/h3-8H2,1-2H3. The molecule has 18 heavy (non-hydrogen) atoms. The zero-order valence-electron chi connectivity index (χ0n) is 10.4. The molecule has 0 N–H and O–H groups in total. The summed E-state index contributed by atoms with van der Waals surface area (Å²) in [5, 5.41) is 0. The fourth-order valence-corrected chi connectivity index (χ4v) is 2.92. The lowest BCUT2D eigenvalue weighted by Crippen LogP contribution is -2.46. The molecule has 0 aromatic carbocycles. The van der Waals surface area contributed by atoms with Crippen LogP contribution in [-0.4, -0.2) is 55.8 Å². The van der Waals surface area contributed by atoms with Crippen LogP contribution >= 0.6 is 11.6 Å². The molecule has 0 radical (unpaired) electrons. The second-order valence-corrected chi connectivity index (χ2v) is 6.23. The van der Waals surface area contributed by atoms with E-state index in [2.05, 4.69) is 0 Å². The van der Waals surface area contributed by atoms with Gasteiger partial charge in [-0.2, -0.15) is 30.2 Å². The first-order valence-corrected chi connectivity index (χ1v) is 7.42. The van der Waals surface area contributed by atoms with E-state index in [0.29, 0.717) is 17.1 Å². The normalized spacial score (nSPS) is 13.6. The van der Waals surface area contributed by atoms with Crippen LogP contribution in [0.25, 0.3) is 0 Å². The smallest absolute Gasteiger partial charge is 0.195 e. The Morgan fingerprint density at radius 1 is 1.22 bits per heavy atom. The summed E-state index contributed by atoms with van der Waals surface area (Å²) < 4.78 is 62.2. The van der Waals surface area contributed by atoms with E-state index < -0.39 is 22.9 Å². The topological polar surface area (TPSA) is 40.6 Å². The quantitative estimate of drug-likeness (QED) is 0.644. The van der Waals surface area contributed by atoms with Crippen LogP contribution in [0.2, 0.25) is 0 Å². The maximum Gasteiger partial charge on any atom is 0.402 e. The van der Waals surface area contributed by atoms with Crippen LogP contribution in [0.1, 0.15) is 19.8 Å². The third kappa shape index (κ3) is 6.21. The number of hydrogen-bond acceptors (Lipinski definition) is 2. The molecule has 4 nitrogen and oxygen atoms in total. The second-order valence-electron chi connectivity index (χ2n) is 3.82. The van der Waals surface area contributed by atoms with Crippen LogP contribution in [0.3, 0.4) is 0 Å². The molecule has 0 rings (SSSR count). The van der Waals surface area contributed by atoms with Crippen molar-refractivity contribution in [2.45, 2.75) is 25.9 Å². The maximum absolute atomic E-state index is 12.3. The summed E-state index contributed by atoms with van der Waals surface area (Å²) in [6, 6.07) is 0. The van der Waals surface area contributed by atoms with E-state index in [1.54, 1.807) is 6.92 Å². The van der Waals surface area contributed by atoms with E-state index >= 15 is 0 Å². The highest BCUT2D eigenvalue weighted by molar-refractivity contribution is 7.86. The van der Waals surface area contributed by atoms with Gasteiger partial charge in [0.15, 0.2) is 0 Å². The van der Waals surface area contributed by atoms with Crippen molar-refractivity contribution in [1.82, 2.24) is 8.61 Å². The molecule has 0 unspecified atom stereocenters. The van der Waals surface area contributed by atoms with Gasteiger partial charge in [0.05, 0.1) is 0 Å². The number of rotatable bonds is 8. The van der Waals surface area contributed by atoms with Gasteiger partial charge >= 0.3 is 6.18 Å². The number of nitrogens with zero attached hydrogens (tertiary/aromatic N) is 2. The van der Waals surface area contributed by atoms with E-state index in [-0.39, 0.29) is 19.0 Å². The molecule has 110 valence electrons. The molecule has 0 heterocycles. The van der Waals surface area contributed by atoms with E-state index in [1.165, 1.54) is 7.05 Å². The van der Waals surface area contributed by atoms with Crippen molar-refractivity contribution < 1.29 is 21.6 Å². The highest BCUT2D eigenvalue weighted by Crippen LogP contribution is 2.20. The summed E-state index contributed by atoms with van der Waals surface area (Å²) >= 11 is 5.43. The van der Waals surface area contributed by atoms with Crippen LogP contribution in [0.5, 0.6) is 0 Å². The summed E-state index contributed by atoms with van der Waals surface area (Å²) in [5.74, 6) is 0.257. The van der Waals surface area contributed by atoms with Gasteiger partial charge in [-0.3, -0.25) is 0 Å². The van der Waals surface area contributed by atoms with Gasteiger partial charge in [-0.05, 0) is 12.8 Å². The monoisotopic (exact) mass is 310 g/mol. The zero-order chi connectivity index (χ0) is 14.4. The first-order chi connectivity index (χ1) is 8.15. The molecule has 0 saturated heterocycles. The summed E-state index contributed by atoms with van der Waals surface area (Å²) in [6.45, 7) is 0.100. The summed E-state index contributed by atoms with van der Waals surface area (Å²) in [4.78, 5) is 0. The molecule has 0 aliphatic carbocycles. The van der Waals surface area contributed by atoms with E-state index in [4.69, 9.17) is 11.6 Å². The number of alkyl halides is 4. The Kier molecular flexibility index (Phi) is 7.50. The first kappa shape index (κ1) is 17.9. The SMILES string of the molecule is CCCN(CC(F)(F)F)S(=O)(=O)N(C)CCCCl. The van der Waals surface area contributed by atoms with Crippen LogP contribution in [0.4, 0.5) is 13.2 Å². The first-order valence-electron chi connectivity index (χ1n) is 5.49. The van der Waals surface area contributed by atoms with Crippen molar-refractivity contribution in [2.75, 3.05) is 32.6 Å². The Labute approximate surface area is 111 Å². The Bertz CT molecular complexity index is 335. The minimum Gasteiger partial charge on any atom is -0.195 e. The summed E-state index contributed by atoms with van der Waals surface area (Å²) in [5.41, 5.74) is 0. The van der Waals surface area contributed by atoms with Crippen LogP contribution in [0, 0.1) is 0 Å². The molecule has 0 aliphatic heterocycles. The molecule has 0 fully saturated rings. The lowest BCUT2D eigenvalue weighted by molar-refractivity contribution is -0.136. The fraction of sp³-hybridized carbons (Fsp3) is 1.00. The van der Waals surface area contributed by atoms with E-state index in [0.717, 1.165) is 4.31 Å². The van der Waals surface area contributed by atoms with Gasteiger partial charge in [-0.25, -0.2) is 0 Å². The zero-order valence-corrected chi connectivity index (χ0v) is 11.9. The molecule has 0 amide bonds. The van der Waals surface area contributed by atoms with Gasteiger partial charge in [0, 0.05) is 26.0 Å². The van der Waals surface area contributed by atoms with E-state index in [9.17, 15) is 21.6 Å². The maximum atomic E-state index is 12.3. The molecule has 0 aromatic rings. The van der Waals surface area contributed by atoms with Gasteiger partial charge in [0.2, 0.25) is 0 Å². The highest BCUT2D eigenvalue weighted by atomic mass is 35.5. The van der Waals surface area contributed by atoms with Gasteiger partial charge in [-0.15, -0.1) is 11.6 Å². The highest BCUT2D eigenvalue weighted by Gasteiger charge is 2.37. The second kappa shape index (κ2) is 7.52. The molecule has 0 atom stereocenters. The average molecular weight is 311 g/mol. The van der Waals surface area contributed by atoms with Gasteiger partial charge in [0.1, 0.15) is 6.54 Å². The van der Waals surface area contributed by atoms with Crippen molar-refractivity contribution in [3.05, 3.63) is 0 Å². The Morgan fingerprint density at radius 2 is 1.78 bits per heavy atom. The Hall–Kier alpha value is -0.0500. The van der Waals surface area contributed by atoms with Gasteiger partial charge in [0.25, 0.3) is 10.2 Å². The minimum absolute atomic E-state index is 0.101. The Balaban J connectivity index is 4.86. The molecule has 0 saturated carbocycles. The fourth-order valence-electron chi connectivity index (χ4n) is 1.32. The largest absolute Gasteiger partial charge is 0.402 e. The third-order valence-electron chi connectivity index (χ3n) is 2.16. The summed E-state index contributed by atoms with van der Waals surface area (Å²) in [7, 11) is -2.83. The van der Waals surface area contributed by atoms with Crippen molar-refractivity contribution >= 4 is 21.8 Å². The van der Waals surface area contributed by atoms with Gasteiger partial charge in [-0.1, -0.05) is 6.92 Å². The summed E-state index contributed by atoms with van der Waals surface area (Å²) in [6.07, 6.45) is -3.84. The lowest BCUT2D eigenvalue weighted by atomic mass is 10.5. The number of halogens is 4. The van der Waals surface area contributed by atoms with Crippen molar-refractivity contribution in [3.63, 3.8) is 0 Å². The average Bonchev–Trinajstić information content (AvgIpc) is 2.23. The van der Waals surface area contributed by atoms with Gasteiger partial charge < -0.3 is 0 Å². The predicted molar refractivity (Wildman–Crippen MR) is 64.8 cm³/mol. The van der Waals surface area contributed by atoms with Crippen molar-refractivity contribution in [3.8, 4) is 0 Å². The molecule has 0 aliphatic rings. The van der Waals surface area contributed by atoms with Crippen molar-refractivity contribution in [2.24, 2.45) is 0 Å². The number of hydrogen-bond donors (Lipinski definition) is 0. The minimum atomic E-state index is -4.55. The molecule has 9 heteroatoms. The van der Waals surface area contributed by atoms with Crippen molar-refractivity contribution in [1.29, 1.82) is 0 Å². The molecular weight excluding hydrogens is 293 g/mol. The molecule has 0 aromatic heterocycles. The molecular formula is C9H18ClF3N2O2S. The third-order valence-corrected chi connectivity index (χ3v) is 4.36. The predicted octanol–water partition coefficient (Wildman–Crippen LogP) is 2.07. The molecule has 0 bridgehead atoms.